The van der Waals surface area contributed by atoms with E-state index in [1.807, 2.05) is 36.0 Å². The molecule has 256 valence electrons. The van der Waals surface area contributed by atoms with E-state index >= 15 is 0 Å². The minimum Gasteiger partial charge on any atom is -0.487 e. The van der Waals surface area contributed by atoms with Crippen molar-refractivity contribution < 1.29 is 23.6 Å². The Morgan fingerprint density at radius 1 is 1.08 bits per heavy atom. The summed E-state index contributed by atoms with van der Waals surface area (Å²) in [4.78, 5) is 16.0. The number of aromatic nitrogens is 5. The third kappa shape index (κ3) is 7.12. The van der Waals surface area contributed by atoms with Crippen LogP contribution in [0.5, 0.6) is 5.75 Å². The number of rotatable bonds is 10. The normalized spacial score (nSPS) is 25.4. The number of morpholine rings is 1. The van der Waals surface area contributed by atoms with Gasteiger partial charge in [0, 0.05) is 60.2 Å². The van der Waals surface area contributed by atoms with E-state index in [0.29, 0.717) is 53.0 Å². The Bertz CT molecular complexity index is 1730. The fourth-order valence-electron chi connectivity index (χ4n) is 7.27. The van der Waals surface area contributed by atoms with Crippen LogP contribution in [-0.4, -0.2) is 96.2 Å². The lowest BCUT2D eigenvalue weighted by atomic mass is 9.91. The molecule has 3 fully saturated rings. The van der Waals surface area contributed by atoms with Gasteiger partial charge in [0.15, 0.2) is 11.4 Å². The maximum Gasteiger partial charge on any atom is 0.309 e. The topological polar surface area (TPSA) is 136 Å². The molecule has 1 unspecified atom stereocenters. The van der Waals surface area contributed by atoms with Crippen molar-refractivity contribution in [1.29, 1.82) is 0 Å². The largest absolute Gasteiger partial charge is 0.487 e. The highest BCUT2D eigenvalue weighted by Gasteiger charge is 2.43. The van der Waals surface area contributed by atoms with E-state index in [1.165, 1.54) is 24.9 Å². The summed E-state index contributed by atoms with van der Waals surface area (Å²) in [6, 6.07) is 7.38. The zero-order chi connectivity index (χ0) is 33.2. The summed E-state index contributed by atoms with van der Waals surface area (Å²) in [7, 11) is 0. The summed E-state index contributed by atoms with van der Waals surface area (Å²) >= 11 is 6.48. The summed E-state index contributed by atoms with van der Waals surface area (Å²) in [6.07, 6.45) is 18.3. The molecular weight excluding hydrogens is 648 g/mol. The van der Waals surface area contributed by atoms with E-state index in [0.717, 1.165) is 50.0 Å². The lowest BCUT2D eigenvalue weighted by molar-refractivity contribution is -0.462. The highest BCUT2D eigenvalue weighted by Crippen LogP contribution is 2.36. The maximum atomic E-state index is 6.48. The van der Waals surface area contributed by atoms with E-state index in [1.54, 1.807) is 35.9 Å². The molecule has 0 amide bonds. The standard InChI is InChI=1S/C34H40ClN10O4/c1-22(15-43-21-36-20-40-43)49-31-12-23(2-9-29(31)35)24-13-38-34(39-14-24)41-30-16-44(42-33(30)48-19-32-37-10-11-47-32)25-3-5-26(6-4-25)45-27-7-8-28(45)18-46-17-27/h2,9-14,16,20-22,26-28,32,37H,3-8,15,17-19H2,1H3,(H,38,39,41)/q+1/t22-,26?,27-,28+,32?/m0/s1. The first-order valence-corrected chi connectivity index (χ1v) is 17.3. The van der Waals surface area contributed by atoms with Gasteiger partial charge in [0.05, 0.1) is 24.8 Å². The van der Waals surface area contributed by atoms with Gasteiger partial charge in [0.2, 0.25) is 18.4 Å². The molecule has 0 radical (unpaired) electrons. The molecule has 15 heteroatoms. The molecule has 1 saturated carbocycles. The van der Waals surface area contributed by atoms with Crippen LogP contribution in [0.4, 0.5) is 5.95 Å². The predicted octanol–water partition coefficient (Wildman–Crippen LogP) is 4.13. The molecule has 1 aliphatic carbocycles. The minimum atomic E-state index is -0.278. The second-order valence-corrected chi connectivity index (χ2v) is 13.4. The maximum absolute atomic E-state index is 6.48. The number of ether oxygens (including phenoxy) is 4. The van der Waals surface area contributed by atoms with Gasteiger partial charge >= 0.3 is 5.90 Å². The number of hydrazone groups is 1. The Morgan fingerprint density at radius 2 is 1.90 bits per heavy atom. The molecule has 5 aliphatic rings. The fourth-order valence-corrected chi connectivity index (χ4v) is 7.44. The first kappa shape index (κ1) is 31.7. The van der Waals surface area contributed by atoms with Gasteiger partial charge in [-0.05, 0) is 50.3 Å². The number of fused-ring (bicyclic) bond motifs is 2. The van der Waals surface area contributed by atoms with Crippen molar-refractivity contribution in [3.05, 3.63) is 72.6 Å². The van der Waals surface area contributed by atoms with E-state index in [2.05, 4.69) is 35.6 Å². The molecule has 4 atom stereocenters. The van der Waals surface area contributed by atoms with E-state index < -0.39 is 0 Å². The fraction of sp³-hybridized carbons (Fsp3) is 0.471. The number of halogens is 1. The van der Waals surface area contributed by atoms with Crippen molar-refractivity contribution in [2.45, 2.75) is 82.5 Å². The second kappa shape index (κ2) is 14.1. The van der Waals surface area contributed by atoms with Gasteiger partial charge in [0.1, 0.15) is 37.4 Å². The average Bonchev–Trinajstić information content (AvgIpc) is 3.94. The van der Waals surface area contributed by atoms with Crippen LogP contribution in [0.25, 0.3) is 11.1 Å². The van der Waals surface area contributed by atoms with Gasteiger partial charge in [-0.1, -0.05) is 22.4 Å². The van der Waals surface area contributed by atoms with E-state index in [4.69, 9.17) is 35.6 Å². The van der Waals surface area contributed by atoms with Crippen LogP contribution < -0.4 is 15.4 Å². The first-order chi connectivity index (χ1) is 24.1. The highest BCUT2D eigenvalue weighted by atomic mass is 35.5. The molecule has 8 rings (SSSR count). The molecule has 2 bridgehead atoms. The lowest BCUT2D eigenvalue weighted by Crippen LogP contribution is -2.52. The van der Waals surface area contributed by atoms with E-state index in [-0.39, 0.29) is 18.9 Å². The van der Waals surface area contributed by atoms with Gasteiger partial charge in [-0.15, -0.1) is 0 Å². The van der Waals surface area contributed by atoms with Crippen LogP contribution in [0.15, 0.2) is 72.7 Å². The molecule has 49 heavy (non-hydrogen) atoms. The summed E-state index contributed by atoms with van der Waals surface area (Å²) in [6.45, 7) is 4.53. The van der Waals surface area contributed by atoms with Crippen LogP contribution in [0.1, 0.15) is 45.4 Å². The monoisotopic (exact) mass is 687 g/mol. The Hall–Kier alpha value is -4.53. The smallest absolute Gasteiger partial charge is 0.309 e. The van der Waals surface area contributed by atoms with Gasteiger partial charge in [-0.3, -0.25) is 4.90 Å². The number of benzene rings is 1. The van der Waals surface area contributed by atoms with Crippen LogP contribution in [0.2, 0.25) is 5.02 Å². The highest BCUT2D eigenvalue weighted by molar-refractivity contribution is 6.32. The summed E-state index contributed by atoms with van der Waals surface area (Å²) in [5.41, 5.74) is 3.66. The number of hydrogen-bond donors (Lipinski definition) is 2. The van der Waals surface area contributed by atoms with Gasteiger partial charge in [0.25, 0.3) is 0 Å². The molecule has 14 nitrogen and oxygen atoms in total. The second-order valence-electron chi connectivity index (χ2n) is 13.0. The Balaban J connectivity index is 0.953. The molecule has 3 aromatic rings. The van der Waals surface area contributed by atoms with Gasteiger partial charge in [-0.2, -0.15) is 5.10 Å². The van der Waals surface area contributed by atoms with Crippen LogP contribution in [0, 0.1) is 0 Å². The van der Waals surface area contributed by atoms with Crippen LogP contribution in [-0.2, 0) is 20.8 Å². The quantitative estimate of drug-likeness (QED) is 0.298. The van der Waals surface area contributed by atoms with Crippen molar-refractivity contribution in [2.24, 2.45) is 5.10 Å². The summed E-state index contributed by atoms with van der Waals surface area (Å²) < 4.78 is 27.3. The van der Waals surface area contributed by atoms with E-state index in [9.17, 15) is 0 Å². The summed E-state index contributed by atoms with van der Waals surface area (Å²) in [5.74, 6) is 1.46. The molecule has 6 heterocycles. The minimum absolute atomic E-state index is 0.171. The van der Waals surface area contributed by atoms with Crippen molar-refractivity contribution in [2.75, 3.05) is 25.1 Å². The molecule has 0 spiro atoms. The number of nitrogens with zero attached hydrogens (tertiary/aromatic N) is 8. The van der Waals surface area contributed by atoms with Crippen LogP contribution >= 0.6 is 11.6 Å². The zero-order valence-electron chi connectivity index (χ0n) is 27.3. The van der Waals surface area contributed by atoms with Crippen LogP contribution in [0.3, 0.4) is 0 Å². The molecule has 2 saturated heterocycles. The van der Waals surface area contributed by atoms with Crippen molar-refractivity contribution in [1.82, 2.24) is 34.9 Å². The predicted molar refractivity (Wildman–Crippen MR) is 182 cm³/mol. The third-order valence-corrected chi connectivity index (χ3v) is 9.93. The average molecular weight is 688 g/mol. The Kier molecular flexibility index (Phi) is 9.15. The Morgan fingerprint density at radius 3 is 2.63 bits per heavy atom. The number of anilines is 1. The van der Waals surface area contributed by atoms with Crippen molar-refractivity contribution in [3.63, 3.8) is 0 Å². The third-order valence-electron chi connectivity index (χ3n) is 9.62. The molecule has 1 aromatic carbocycles. The van der Waals surface area contributed by atoms with Gasteiger partial charge < -0.3 is 29.6 Å². The Labute approximate surface area is 289 Å². The van der Waals surface area contributed by atoms with Gasteiger partial charge in [-0.25, -0.2) is 19.6 Å². The molecule has 2 aromatic heterocycles. The number of hydrogen-bond acceptors (Lipinski definition) is 12. The van der Waals surface area contributed by atoms with Crippen molar-refractivity contribution in [3.8, 4) is 16.9 Å². The summed E-state index contributed by atoms with van der Waals surface area (Å²) in [5, 5.41) is 16.0. The molecular formula is C34H40ClN10O4+. The zero-order valence-corrected chi connectivity index (χ0v) is 28.1. The number of nitrogens with one attached hydrogen (secondary N) is 2. The SMILES string of the molecule is C[C@@H](Cn1cncn1)Oc1cc(-c2cnc(NC3=C[N+](=C4CCC(N5[C@@H]6CC[C@H]5COC6)CC4)N=C3OCC3NC=CO3)nc2)ccc1Cl. The first-order valence-electron chi connectivity index (χ1n) is 16.9. The molecule has 4 aliphatic heterocycles. The molecule has 2 N–H and O–H groups in total. The van der Waals surface area contributed by atoms with Crippen molar-refractivity contribution >= 4 is 29.2 Å². The lowest BCUT2D eigenvalue weighted by Gasteiger charge is -2.41.